The fourth-order valence-electron chi connectivity index (χ4n) is 2.64. The molecule has 102 valence electrons. The summed E-state index contributed by atoms with van der Waals surface area (Å²) >= 11 is 6.02. The van der Waals surface area contributed by atoms with Crippen LogP contribution in [0.3, 0.4) is 0 Å². The third-order valence-corrected chi connectivity index (χ3v) is 4.29. The minimum atomic E-state index is -0.486. The van der Waals surface area contributed by atoms with Crippen LogP contribution in [-0.2, 0) is 0 Å². The summed E-state index contributed by atoms with van der Waals surface area (Å²) in [6.45, 7) is 0.875. The van der Waals surface area contributed by atoms with E-state index in [9.17, 15) is 10.1 Å². The van der Waals surface area contributed by atoms with Crippen LogP contribution in [-0.4, -0.2) is 16.5 Å². The summed E-state index contributed by atoms with van der Waals surface area (Å²) in [5, 5.41) is 14.2. The number of hydrogen-bond donors (Lipinski definition) is 1. The zero-order valence-electron chi connectivity index (χ0n) is 10.5. The van der Waals surface area contributed by atoms with Crippen LogP contribution >= 0.6 is 11.6 Å². The van der Waals surface area contributed by atoms with Gasteiger partial charge in [-0.2, -0.15) is 0 Å². The lowest BCUT2D eigenvalue weighted by atomic mass is 9.98. The number of halogens is 1. The topological polar surface area (TPSA) is 68.1 Å². The Morgan fingerprint density at radius 3 is 2.53 bits per heavy atom. The van der Waals surface area contributed by atoms with Crippen LogP contribution in [0.4, 0.5) is 11.5 Å². The third-order valence-electron chi connectivity index (χ3n) is 4.00. The van der Waals surface area contributed by atoms with E-state index in [1.807, 2.05) is 0 Å². The highest BCUT2D eigenvalue weighted by Crippen LogP contribution is 2.49. The Labute approximate surface area is 116 Å². The van der Waals surface area contributed by atoms with Gasteiger partial charge in [0.1, 0.15) is 12.0 Å². The molecule has 2 aliphatic rings. The minimum Gasteiger partial charge on any atom is -0.369 e. The van der Waals surface area contributed by atoms with Gasteiger partial charge >= 0.3 is 0 Å². The Bertz CT molecular complexity index is 489. The van der Waals surface area contributed by atoms with Crippen molar-refractivity contribution in [2.75, 3.05) is 11.9 Å². The molecule has 0 aliphatic heterocycles. The molecule has 1 aromatic rings. The molecule has 2 aliphatic carbocycles. The highest BCUT2D eigenvalue weighted by molar-refractivity contribution is 6.33. The number of rotatable bonds is 6. The summed E-state index contributed by atoms with van der Waals surface area (Å²) in [5.41, 5.74) is -0.0727. The van der Waals surface area contributed by atoms with Gasteiger partial charge in [0.15, 0.2) is 0 Å². The predicted octanol–water partition coefficient (Wildman–Crippen LogP) is 3.49. The van der Waals surface area contributed by atoms with Crippen molar-refractivity contribution in [2.24, 2.45) is 17.8 Å². The van der Waals surface area contributed by atoms with Gasteiger partial charge < -0.3 is 5.32 Å². The first kappa shape index (κ1) is 12.7. The number of nitrogens with one attached hydrogen (secondary N) is 1. The zero-order valence-corrected chi connectivity index (χ0v) is 11.3. The van der Waals surface area contributed by atoms with Gasteiger partial charge in [-0.15, -0.1) is 0 Å². The predicted molar refractivity (Wildman–Crippen MR) is 73.3 cm³/mol. The number of nitro groups is 1. The smallest absolute Gasteiger partial charge is 0.289 e. The highest BCUT2D eigenvalue weighted by atomic mass is 35.5. The van der Waals surface area contributed by atoms with E-state index >= 15 is 0 Å². The van der Waals surface area contributed by atoms with E-state index in [0.29, 0.717) is 16.8 Å². The van der Waals surface area contributed by atoms with Crippen molar-refractivity contribution in [3.63, 3.8) is 0 Å². The average molecular weight is 282 g/mol. The van der Waals surface area contributed by atoms with Gasteiger partial charge in [0.2, 0.25) is 0 Å². The first-order valence-electron chi connectivity index (χ1n) is 6.69. The van der Waals surface area contributed by atoms with E-state index in [2.05, 4.69) is 10.3 Å². The van der Waals surface area contributed by atoms with E-state index in [1.165, 1.54) is 37.9 Å². The Balaban J connectivity index is 1.64. The second-order valence-electron chi connectivity index (χ2n) is 5.50. The molecule has 3 rings (SSSR count). The van der Waals surface area contributed by atoms with Crippen LogP contribution in [0.1, 0.15) is 25.7 Å². The Morgan fingerprint density at radius 1 is 1.42 bits per heavy atom. The molecule has 1 aromatic heterocycles. The van der Waals surface area contributed by atoms with Gasteiger partial charge in [0.05, 0.1) is 9.95 Å². The molecule has 1 N–H and O–H groups in total. The van der Waals surface area contributed by atoms with Gasteiger partial charge in [-0.05, 0) is 43.4 Å². The average Bonchev–Trinajstić information content (AvgIpc) is 3.25. The molecular weight excluding hydrogens is 266 g/mol. The molecule has 0 radical (unpaired) electrons. The Morgan fingerprint density at radius 2 is 2.05 bits per heavy atom. The van der Waals surface area contributed by atoms with Crippen LogP contribution < -0.4 is 5.32 Å². The molecule has 0 unspecified atom stereocenters. The fourth-order valence-corrected chi connectivity index (χ4v) is 2.87. The number of aromatic nitrogens is 1. The number of nitrogens with zero attached hydrogens (tertiary/aromatic N) is 2. The lowest BCUT2D eigenvalue weighted by Crippen LogP contribution is -2.19. The number of anilines is 1. The molecule has 19 heavy (non-hydrogen) atoms. The molecule has 0 bridgehead atoms. The molecule has 0 saturated heterocycles. The summed E-state index contributed by atoms with van der Waals surface area (Å²) in [4.78, 5) is 14.2. The second kappa shape index (κ2) is 4.96. The number of pyridine rings is 1. The quantitative estimate of drug-likeness (QED) is 0.640. The van der Waals surface area contributed by atoms with Crippen molar-refractivity contribution in [2.45, 2.75) is 25.7 Å². The van der Waals surface area contributed by atoms with Gasteiger partial charge in [-0.25, -0.2) is 4.98 Å². The zero-order chi connectivity index (χ0) is 13.4. The van der Waals surface area contributed by atoms with Crippen molar-refractivity contribution in [1.29, 1.82) is 0 Å². The maximum absolute atomic E-state index is 10.6. The third kappa shape index (κ3) is 2.97. The van der Waals surface area contributed by atoms with Crippen LogP contribution in [0.5, 0.6) is 0 Å². The summed E-state index contributed by atoms with van der Waals surface area (Å²) in [6, 6.07) is 1.35. The van der Waals surface area contributed by atoms with Crippen molar-refractivity contribution < 1.29 is 4.92 Å². The van der Waals surface area contributed by atoms with Gasteiger partial charge in [-0.3, -0.25) is 10.1 Å². The van der Waals surface area contributed by atoms with E-state index < -0.39 is 4.92 Å². The summed E-state index contributed by atoms with van der Waals surface area (Å²) < 4.78 is 0. The largest absolute Gasteiger partial charge is 0.369 e. The Kier molecular flexibility index (Phi) is 3.31. The van der Waals surface area contributed by atoms with Crippen molar-refractivity contribution in [1.82, 2.24) is 4.98 Å². The van der Waals surface area contributed by atoms with Crippen LogP contribution in [0.15, 0.2) is 12.3 Å². The molecule has 6 heteroatoms. The van der Waals surface area contributed by atoms with Crippen molar-refractivity contribution >= 4 is 23.1 Å². The van der Waals surface area contributed by atoms with Crippen LogP contribution in [0.2, 0.25) is 5.02 Å². The molecular formula is C13H16ClN3O2. The normalized spacial score (nSPS) is 18.6. The minimum absolute atomic E-state index is 0.0727. The second-order valence-corrected chi connectivity index (χ2v) is 5.91. The van der Waals surface area contributed by atoms with E-state index in [1.54, 1.807) is 0 Å². The lowest BCUT2D eigenvalue weighted by molar-refractivity contribution is -0.385. The van der Waals surface area contributed by atoms with Crippen LogP contribution in [0, 0.1) is 27.9 Å². The lowest BCUT2D eigenvalue weighted by Gasteiger charge is -2.17. The fraction of sp³-hybridized carbons (Fsp3) is 0.615. The molecule has 1 heterocycles. The van der Waals surface area contributed by atoms with Gasteiger partial charge in [-0.1, -0.05) is 11.6 Å². The summed E-state index contributed by atoms with van der Waals surface area (Å²) in [5.74, 6) is 2.99. The molecule has 5 nitrogen and oxygen atoms in total. The molecule has 2 fully saturated rings. The van der Waals surface area contributed by atoms with Crippen molar-refractivity contribution in [3.8, 4) is 0 Å². The first-order valence-corrected chi connectivity index (χ1v) is 7.06. The van der Waals surface area contributed by atoms with E-state index in [0.717, 1.165) is 18.4 Å². The monoisotopic (exact) mass is 281 g/mol. The van der Waals surface area contributed by atoms with Gasteiger partial charge in [0.25, 0.3) is 5.69 Å². The van der Waals surface area contributed by atoms with E-state index in [-0.39, 0.29) is 5.69 Å². The van der Waals surface area contributed by atoms with Crippen LogP contribution in [0.25, 0.3) is 0 Å². The molecule has 2 saturated carbocycles. The highest BCUT2D eigenvalue weighted by Gasteiger charge is 2.41. The SMILES string of the molecule is O=[N+]([O-])c1cnc(NCC(C2CC2)C2CC2)c(Cl)c1. The first-order chi connectivity index (χ1) is 9.15. The summed E-state index contributed by atoms with van der Waals surface area (Å²) in [6.07, 6.45) is 6.60. The summed E-state index contributed by atoms with van der Waals surface area (Å²) in [7, 11) is 0. The maximum Gasteiger partial charge on any atom is 0.289 e. The van der Waals surface area contributed by atoms with Gasteiger partial charge in [0, 0.05) is 12.6 Å². The molecule has 0 aromatic carbocycles. The number of hydrogen-bond acceptors (Lipinski definition) is 4. The molecule has 0 atom stereocenters. The Hall–Kier alpha value is -1.36. The molecule has 0 amide bonds. The standard InChI is InChI=1S/C13H16ClN3O2/c14-12-5-10(17(18)19)6-15-13(12)16-7-11(8-1-2-8)9-3-4-9/h5-6,8-9,11H,1-4,7H2,(H,15,16). The van der Waals surface area contributed by atoms with E-state index in [4.69, 9.17) is 11.6 Å². The maximum atomic E-state index is 10.6. The van der Waals surface area contributed by atoms with Crippen molar-refractivity contribution in [3.05, 3.63) is 27.4 Å². The molecule has 0 spiro atoms.